The Morgan fingerprint density at radius 3 is 3.00 bits per heavy atom. The predicted octanol–water partition coefficient (Wildman–Crippen LogP) is 0.671. The van der Waals surface area contributed by atoms with Crippen molar-refractivity contribution in [2.24, 2.45) is 5.73 Å². The third-order valence-electron chi connectivity index (χ3n) is 2.84. The molecule has 4 N–H and O–H groups in total. The number of hydrogen-bond acceptors (Lipinski definition) is 3. The molecule has 0 saturated carbocycles. The van der Waals surface area contributed by atoms with Crippen LogP contribution in [0.15, 0.2) is 0 Å². The fraction of sp³-hybridized carbons (Fsp3) is 0.700. The molecule has 0 aliphatic heterocycles. The van der Waals surface area contributed by atoms with Crippen molar-refractivity contribution in [3.63, 3.8) is 0 Å². The molecule has 4 nitrogen and oxygen atoms in total. The van der Waals surface area contributed by atoms with Gasteiger partial charge in [0.25, 0.3) is 0 Å². The molecule has 4 heteroatoms. The molecule has 0 fully saturated rings. The zero-order valence-corrected chi connectivity index (χ0v) is 8.29. The monoisotopic (exact) mass is 195 g/mol. The summed E-state index contributed by atoms with van der Waals surface area (Å²) in [6, 6.07) is 0. The standard InChI is InChI=1S/C10H17N3O/c11-6-5-9(14)10-7-3-1-2-4-8(7)12-13-10/h9,14H,1-6,11H2,(H,12,13)/t9-/m1/s1. The Morgan fingerprint density at radius 1 is 1.43 bits per heavy atom. The van der Waals surface area contributed by atoms with Crippen molar-refractivity contribution in [1.29, 1.82) is 0 Å². The van der Waals surface area contributed by atoms with E-state index >= 15 is 0 Å². The van der Waals surface area contributed by atoms with Crippen LogP contribution in [0.2, 0.25) is 0 Å². The van der Waals surface area contributed by atoms with Gasteiger partial charge in [0.1, 0.15) is 0 Å². The maximum Gasteiger partial charge on any atom is 0.0993 e. The van der Waals surface area contributed by atoms with Crippen molar-refractivity contribution in [3.05, 3.63) is 17.0 Å². The number of nitrogens with one attached hydrogen (secondary N) is 1. The molecule has 1 aliphatic rings. The summed E-state index contributed by atoms with van der Waals surface area (Å²) in [5.74, 6) is 0. The molecule has 1 aliphatic carbocycles. The fourth-order valence-corrected chi connectivity index (χ4v) is 2.08. The van der Waals surface area contributed by atoms with Gasteiger partial charge in [0.2, 0.25) is 0 Å². The van der Waals surface area contributed by atoms with Crippen LogP contribution in [0.25, 0.3) is 0 Å². The Hall–Kier alpha value is -0.870. The van der Waals surface area contributed by atoms with Crippen LogP contribution >= 0.6 is 0 Å². The molecule has 0 radical (unpaired) electrons. The summed E-state index contributed by atoms with van der Waals surface area (Å²) in [5.41, 5.74) is 8.68. The van der Waals surface area contributed by atoms with Crippen LogP contribution in [0.3, 0.4) is 0 Å². The van der Waals surface area contributed by atoms with Crippen molar-refractivity contribution in [3.8, 4) is 0 Å². The molecular weight excluding hydrogens is 178 g/mol. The van der Waals surface area contributed by atoms with Crippen LogP contribution in [0, 0.1) is 0 Å². The molecule has 78 valence electrons. The molecule has 0 bridgehead atoms. The highest BCUT2D eigenvalue weighted by Crippen LogP contribution is 2.26. The van der Waals surface area contributed by atoms with Crippen molar-refractivity contribution >= 4 is 0 Å². The van der Waals surface area contributed by atoms with E-state index in [0.717, 1.165) is 18.5 Å². The summed E-state index contributed by atoms with van der Waals surface area (Å²) in [6.45, 7) is 0.503. The highest BCUT2D eigenvalue weighted by molar-refractivity contribution is 5.29. The summed E-state index contributed by atoms with van der Waals surface area (Å²) in [4.78, 5) is 0. The van der Waals surface area contributed by atoms with E-state index in [1.165, 1.54) is 24.1 Å². The van der Waals surface area contributed by atoms with Crippen molar-refractivity contribution < 1.29 is 5.11 Å². The minimum absolute atomic E-state index is 0.488. The lowest BCUT2D eigenvalue weighted by atomic mass is 9.94. The van der Waals surface area contributed by atoms with Crippen molar-refractivity contribution in [2.75, 3.05) is 6.54 Å². The van der Waals surface area contributed by atoms with E-state index in [2.05, 4.69) is 10.2 Å². The molecule has 0 amide bonds. The molecule has 2 rings (SSSR count). The largest absolute Gasteiger partial charge is 0.387 e. The average Bonchev–Trinajstić information content (AvgIpc) is 2.61. The molecule has 1 aromatic heterocycles. The lowest BCUT2D eigenvalue weighted by Gasteiger charge is -2.13. The van der Waals surface area contributed by atoms with Crippen LogP contribution in [0.4, 0.5) is 0 Å². The molecule has 0 aromatic carbocycles. The topological polar surface area (TPSA) is 74.9 Å². The zero-order valence-electron chi connectivity index (χ0n) is 8.29. The third kappa shape index (κ3) is 1.67. The second-order valence-electron chi connectivity index (χ2n) is 3.87. The number of rotatable bonds is 3. The van der Waals surface area contributed by atoms with Gasteiger partial charge < -0.3 is 10.8 Å². The zero-order chi connectivity index (χ0) is 9.97. The van der Waals surface area contributed by atoms with Gasteiger partial charge in [0.15, 0.2) is 0 Å². The molecule has 0 spiro atoms. The second kappa shape index (κ2) is 4.11. The number of hydrogen-bond donors (Lipinski definition) is 3. The number of aliphatic hydroxyl groups is 1. The molecule has 14 heavy (non-hydrogen) atoms. The first kappa shape index (κ1) is 9.68. The van der Waals surface area contributed by atoms with E-state index < -0.39 is 6.10 Å². The summed E-state index contributed by atoms with van der Waals surface area (Å²) < 4.78 is 0. The molecule has 1 atom stereocenters. The number of aliphatic hydroxyl groups excluding tert-OH is 1. The van der Waals surface area contributed by atoms with Crippen LogP contribution in [-0.4, -0.2) is 21.8 Å². The van der Waals surface area contributed by atoms with Crippen LogP contribution in [0.5, 0.6) is 0 Å². The Kier molecular flexibility index (Phi) is 2.84. The van der Waals surface area contributed by atoms with E-state index in [4.69, 9.17) is 5.73 Å². The second-order valence-corrected chi connectivity index (χ2v) is 3.87. The Morgan fingerprint density at radius 2 is 2.21 bits per heavy atom. The lowest BCUT2D eigenvalue weighted by Crippen LogP contribution is -2.10. The number of nitrogens with zero attached hydrogens (tertiary/aromatic N) is 1. The maximum absolute atomic E-state index is 9.80. The molecule has 0 unspecified atom stereocenters. The van der Waals surface area contributed by atoms with Crippen LogP contribution in [0.1, 0.15) is 42.3 Å². The summed E-state index contributed by atoms with van der Waals surface area (Å²) in [6.07, 6.45) is 4.65. The molecule has 1 aromatic rings. The van der Waals surface area contributed by atoms with E-state index in [-0.39, 0.29) is 0 Å². The van der Waals surface area contributed by atoms with E-state index in [0.29, 0.717) is 13.0 Å². The van der Waals surface area contributed by atoms with Gasteiger partial charge in [-0.3, -0.25) is 5.10 Å². The number of aromatic amines is 1. The first-order chi connectivity index (χ1) is 6.83. The molecule has 1 heterocycles. The fourth-order valence-electron chi connectivity index (χ4n) is 2.08. The third-order valence-corrected chi connectivity index (χ3v) is 2.84. The number of nitrogens with two attached hydrogens (primary N) is 1. The Labute approximate surface area is 83.5 Å². The van der Waals surface area contributed by atoms with E-state index in [1.807, 2.05) is 0 Å². The van der Waals surface area contributed by atoms with Gasteiger partial charge in [0.05, 0.1) is 11.8 Å². The first-order valence-electron chi connectivity index (χ1n) is 5.27. The molecule has 0 saturated heterocycles. The normalized spacial score (nSPS) is 17.9. The van der Waals surface area contributed by atoms with Crippen molar-refractivity contribution in [2.45, 2.75) is 38.2 Å². The van der Waals surface area contributed by atoms with Gasteiger partial charge in [-0.2, -0.15) is 5.10 Å². The Balaban J connectivity index is 2.21. The van der Waals surface area contributed by atoms with Gasteiger partial charge in [0, 0.05) is 5.69 Å². The van der Waals surface area contributed by atoms with Gasteiger partial charge in [-0.25, -0.2) is 0 Å². The summed E-state index contributed by atoms with van der Waals surface area (Å²) in [7, 11) is 0. The molecular formula is C10H17N3O. The highest BCUT2D eigenvalue weighted by Gasteiger charge is 2.21. The number of fused-ring (bicyclic) bond motifs is 1. The van der Waals surface area contributed by atoms with Crippen molar-refractivity contribution in [1.82, 2.24) is 10.2 Å². The summed E-state index contributed by atoms with van der Waals surface area (Å²) in [5, 5.41) is 17.0. The van der Waals surface area contributed by atoms with Gasteiger partial charge in [-0.1, -0.05) is 0 Å². The van der Waals surface area contributed by atoms with Crippen LogP contribution in [-0.2, 0) is 12.8 Å². The van der Waals surface area contributed by atoms with Crippen LogP contribution < -0.4 is 5.73 Å². The SMILES string of the molecule is NCC[C@@H](O)c1n[nH]c2c1CCCC2. The van der Waals surface area contributed by atoms with Gasteiger partial charge in [-0.05, 0) is 44.2 Å². The van der Waals surface area contributed by atoms with Gasteiger partial charge in [-0.15, -0.1) is 0 Å². The quantitative estimate of drug-likeness (QED) is 0.663. The number of aryl methyl sites for hydroxylation is 1. The minimum Gasteiger partial charge on any atom is -0.387 e. The highest BCUT2D eigenvalue weighted by atomic mass is 16.3. The average molecular weight is 195 g/mol. The Bertz CT molecular complexity index is 308. The number of H-pyrrole nitrogens is 1. The summed E-state index contributed by atoms with van der Waals surface area (Å²) >= 11 is 0. The number of aromatic nitrogens is 2. The maximum atomic E-state index is 9.80. The smallest absolute Gasteiger partial charge is 0.0993 e. The van der Waals surface area contributed by atoms with E-state index in [1.54, 1.807) is 0 Å². The van der Waals surface area contributed by atoms with E-state index in [9.17, 15) is 5.11 Å². The minimum atomic E-state index is -0.488. The first-order valence-corrected chi connectivity index (χ1v) is 5.27. The lowest BCUT2D eigenvalue weighted by molar-refractivity contribution is 0.164. The van der Waals surface area contributed by atoms with Gasteiger partial charge >= 0.3 is 0 Å². The predicted molar refractivity (Wildman–Crippen MR) is 53.9 cm³/mol.